The first-order valence-electron chi connectivity index (χ1n) is 8.25. The van der Waals surface area contributed by atoms with Crippen LogP contribution in [-0.2, 0) is 18.9 Å². The number of ether oxygens (including phenoxy) is 1. The molecule has 26 heavy (non-hydrogen) atoms. The lowest BCUT2D eigenvalue weighted by molar-refractivity contribution is 0.305. The molecule has 3 aromatic rings. The van der Waals surface area contributed by atoms with E-state index in [4.69, 9.17) is 4.74 Å². The van der Waals surface area contributed by atoms with Gasteiger partial charge in [-0.1, -0.05) is 25.1 Å². The van der Waals surface area contributed by atoms with Gasteiger partial charge >= 0.3 is 5.69 Å². The van der Waals surface area contributed by atoms with E-state index in [0.29, 0.717) is 29.8 Å². The number of hydrogen-bond acceptors (Lipinski definition) is 6. The van der Waals surface area contributed by atoms with Gasteiger partial charge in [0.1, 0.15) is 23.2 Å². The number of thiazole rings is 1. The van der Waals surface area contributed by atoms with Crippen molar-refractivity contribution in [3.05, 3.63) is 56.6 Å². The molecule has 1 aromatic carbocycles. The summed E-state index contributed by atoms with van der Waals surface area (Å²) in [6.07, 6.45) is 1.96. The molecule has 0 fully saturated rings. The van der Waals surface area contributed by atoms with Gasteiger partial charge in [0.25, 0.3) is 0 Å². The van der Waals surface area contributed by atoms with Crippen LogP contribution in [0.1, 0.15) is 30.5 Å². The highest BCUT2D eigenvalue weighted by Gasteiger charge is 2.10. The van der Waals surface area contributed by atoms with Crippen LogP contribution < -0.4 is 10.4 Å². The van der Waals surface area contributed by atoms with E-state index >= 15 is 0 Å². The number of halogens is 1. The molecule has 0 spiro atoms. The Morgan fingerprint density at radius 2 is 2.15 bits per heavy atom. The number of aromatic nitrogens is 4. The lowest BCUT2D eigenvalue weighted by Crippen LogP contribution is -2.17. The summed E-state index contributed by atoms with van der Waals surface area (Å²) in [7, 11) is 0. The molecule has 6 nitrogen and oxygen atoms in total. The van der Waals surface area contributed by atoms with Gasteiger partial charge in [0.15, 0.2) is 5.16 Å². The zero-order valence-electron chi connectivity index (χ0n) is 14.3. The number of hydrogen-bond donors (Lipinski definition) is 1. The van der Waals surface area contributed by atoms with Crippen molar-refractivity contribution in [1.82, 2.24) is 19.7 Å². The standard InChI is InChI=1S/C17H19FN4O2S2/c1-2-3-8-22-16(23)20-21-17(22)26-11-13-10-25-15(19-13)9-24-14-6-4-12(18)5-7-14/h4-7,10H,2-3,8-9,11H2,1H3,(H,20,23). The molecule has 0 radical (unpaired) electrons. The molecule has 9 heteroatoms. The van der Waals surface area contributed by atoms with E-state index in [9.17, 15) is 9.18 Å². The normalized spacial score (nSPS) is 11.0. The van der Waals surface area contributed by atoms with Crippen molar-refractivity contribution in [2.75, 3.05) is 0 Å². The largest absolute Gasteiger partial charge is 0.486 e. The predicted molar refractivity (Wildman–Crippen MR) is 100 cm³/mol. The number of nitrogens with zero attached hydrogens (tertiary/aromatic N) is 3. The number of H-pyrrole nitrogens is 1. The second kappa shape index (κ2) is 9.00. The van der Waals surface area contributed by atoms with Crippen molar-refractivity contribution >= 4 is 23.1 Å². The van der Waals surface area contributed by atoms with E-state index < -0.39 is 0 Å². The predicted octanol–water partition coefficient (Wildman–Crippen LogP) is 3.84. The Hall–Kier alpha value is -2.13. The van der Waals surface area contributed by atoms with Gasteiger partial charge in [0, 0.05) is 17.7 Å². The monoisotopic (exact) mass is 394 g/mol. The zero-order chi connectivity index (χ0) is 18.4. The summed E-state index contributed by atoms with van der Waals surface area (Å²) in [6, 6.07) is 5.90. The first-order valence-corrected chi connectivity index (χ1v) is 10.1. The van der Waals surface area contributed by atoms with Gasteiger partial charge in [-0.05, 0) is 30.7 Å². The van der Waals surface area contributed by atoms with Crippen LogP contribution in [0, 0.1) is 5.82 Å². The zero-order valence-corrected chi connectivity index (χ0v) is 15.9. The molecule has 0 saturated carbocycles. The fourth-order valence-electron chi connectivity index (χ4n) is 2.22. The summed E-state index contributed by atoms with van der Waals surface area (Å²) in [5.41, 5.74) is 0.739. The third kappa shape index (κ3) is 4.95. The topological polar surface area (TPSA) is 72.8 Å². The average molecular weight is 394 g/mol. The van der Waals surface area contributed by atoms with Gasteiger partial charge in [-0.3, -0.25) is 4.57 Å². The van der Waals surface area contributed by atoms with Crippen molar-refractivity contribution in [3.63, 3.8) is 0 Å². The van der Waals surface area contributed by atoms with E-state index in [-0.39, 0.29) is 11.5 Å². The first-order chi connectivity index (χ1) is 12.7. The van der Waals surface area contributed by atoms with Crippen molar-refractivity contribution in [1.29, 1.82) is 0 Å². The summed E-state index contributed by atoms with van der Waals surface area (Å²) < 4.78 is 20.1. The summed E-state index contributed by atoms with van der Waals surface area (Å²) in [6.45, 7) is 3.09. The molecule has 138 valence electrons. The van der Waals surface area contributed by atoms with Crippen LogP contribution in [-0.4, -0.2) is 19.7 Å². The molecule has 2 aromatic heterocycles. The maximum Gasteiger partial charge on any atom is 0.343 e. The van der Waals surface area contributed by atoms with Crippen molar-refractivity contribution in [3.8, 4) is 5.75 Å². The minimum Gasteiger partial charge on any atom is -0.486 e. The van der Waals surface area contributed by atoms with Crippen LogP contribution in [0.2, 0.25) is 0 Å². The molecule has 0 aliphatic rings. The number of benzene rings is 1. The van der Waals surface area contributed by atoms with Crippen molar-refractivity contribution in [2.45, 2.75) is 43.8 Å². The van der Waals surface area contributed by atoms with Crippen LogP contribution in [0.25, 0.3) is 0 Å². The molecule has 0 aliphatic carbocycles. The van der Waals surface area contributed by atoms with Crippen molar-refractivity contribution < 1.29 is 9.13 Å². The van der Waals surface area contributed by atoms with Crippen LogP contribution in [0.3, 0.4) is 0 Å². The van der Waals surface area contributed by atoms with Crippen LogP contribution >= 0.6 is 23.1 Å². The minimum absolute atomic E-state index is 0.174. The van der Waals surface area contributed by atoms with E-state index in [2.05, 4.69) is 22.1 Å². The Balaban J connectivity index is 1.54. The molecule has 2 heterocycles. The van der Waals surface area contributed by atoms with Crippen LogP contribution in [0.4, 0.5) is 4.39 Å². The molecule has 0 bridgehead atoms. The highest BCUT2D eigenvalue weighted by Crippen LogP contribution is 2.22. The Labute approximate surface area is 158 Å². The smallest absolute Gasteiger partial charge is 0.343 e. The van der Waals surface area contributed by atoms with Gasteiger partial charge < -0.3 is 4.74 Å². The molecule has 3 rings (SSSR count). The third-order valence-electron chi connectivity index (χ3n) is 3.58. The highest BCUT2D eigenvalue weighted by molar-refractivity contribution is 7.98. The number of rotatable bonds is 9. The Bertz CT molecular complexity index is 889. The molecular weight excluding hydrogens is 375 g/mol. The van der Waals surface area contributed by atoms with Gasteiger partial charge in [-0.15, -0.1) is 16.4 Å². The molecule has 1 N–H and O–H groups in total. The molecule has 0 unspecified atom stereocenters. The first kappa shape index (κ1) is 18.7. The lowest BCUT2D eigenvalue weighted by Gasteiger charge is -2.04. The second-order valence-corrected chi connectivity index (χ2v) is 7.47. The SMILES string of the molecule is CCCCn1c(SCc2csc(COc3ccc(F)cc3)n2)n[nH]c1=O. The molecule has 0 aliphatic heterocycles. The van der Waals surface area contributed by atoms with E-state index in [1.54, 1.807) is 16.7 Å². The quantitative estimate of drug-likeness (QED) is 0.558. The Kier molecular flexibility index (Phi) is 6.45. The Morgan fingerprint density at radius 1 is 1.35 bits per heavy atom. The van der Waals surface area contributed by atoms with E-state index in [1.165, 1.54) is 35.2 Å². The fraction of sp³-hybridized carbons (Fsp3) is 0.353. The molecule has 0 atom stereocenters. The molecular formula is C17H19FN4O2S2. The number of nitrogens with one attached hydrogen (secondary N) is 1. The summed E-state index contributed by atoms with van der Waals surface area (Å²) in [5, 5.41) is 10.1. The second-order valence-electron chi connectivity index (χ2n) is 5.58. The minimum atomic E-state index is -0.290. The Morgan fingerprint density at radius 3 is 2.92 bits per heavy atom. The number of thioether (sulfide) groups is 1. The van der Waals surface area contributed by atoms with Crippen LogP contribution in [0.5, 0.6) is 5.75 Å². The highest BCUT2D eigenvalue weighted by atomic mass is 32.2. The summed E-state index contributed by atoms with van der Waals surface area (Å²) >= 11 is 2.99. The van der Waals surface area contributed by atoms with Crippen molar-refractivity contribution in [2.24, 2.45) is 0 Å². The van der Waals surface area contributed by atoms with Gasteiger partial charge in [-0.2, -0.15) is 0 Å². The fourth-order valence-corrected chi connectivity index (χ4v) is 3.90. The number of aromatic amines is 1. The molecule has 0 saturated heterocycles. The van der Waals surface area contributed by atoms with E-state index in [1.807, 2.05) is 5.38 Å². The lowest BCUT2D eigenvalue weighted by atomic mass is 10.3. The molecule has 0 amide bonds. The van der Waals surface area contributed by atoms with Gasteiger partial charge in [-0.25, -0.2) is 19.3 Å². The third-order valence-corrected chi connectivity index (χ3v) is 5.46. The van der Waals surface area contributed by atoms with E-state index in [0.717, 1.165) is 23.5 Å². The summed E-state index contributed by atoms with van der Waals surface area (Å²) in [5.74, 6) is 0.944. The maximum absolute atomic E-state index is 12.9. The van der Waals surface area contributed by atoms with Crippen LogP contribution in [0.15, 0.2) is 39.6 Å². The summed E-state index contributed by atoms with van der Waals surface area (Å²) in [4.78, 5) is 16.3. The number of unbranched alkanes of at least 4 members (excludes halogenated alkanes) is 1. The van der Waals surface area contributed by atoms with Gasteiger partial charge in [0.05, 0.1) is 5.69 Å². The van der Waals surface area contributed by atoms with Gasteiger partial charge in [0.2, 0.25) is 0 Å². The maximum atomic E-state index is 12.9. The average Bonchev–Trinajstić information content (AvgIpc) is 3.24.